The lowest BCUT2D eigenvalue weighted by atomic mass is 10.2. The van der Waals surface area contributed by atoms with E-state index in [-0.39, 0.29) is 6.61 Å². The third-order valence-electron chi connectivity index (χ3n) is 3.71. The fourth-order valence-electron chi connectivity index (χ4n) is 2.63. The molecular formula is C17H14ClN3O2. The van der Waals surface area contributed by atoms with Crippen molar-refractivity contribution in [2.75, 3.05) is 0 Å². The van der Waals surface area contributed by atoms with Gasteiger partial charge in [-0.05, 0) is 18.2 Å². The Kier molecular flexibility index (Phi) is 3.73. The molecule has 3 aromatic rings. The van der Waals surface area contributed by atoms with Gasteiger partial charge in [0.05, 0.1) is 17.3 Å². The van der Waals surface area contributed by atoms with Crippen molar-refractivity contribution in [3.05, 3.63) is 70.8 Å². The maximum Gasteiger partial charge on any atom is 0.175 e. The Hall–Kier alpha value is -2.37. The summed E-state index contributed by atoms with van der Waals surface area (Å²) < 4.78 is 13.5. The van der Waals surface area contributed by atoms with Crippen molar-refractivity contribution < 1.29 is 9.47 Å². The van der Waals surface area contributed by atoms with Crippen LogP contribution in [0, 0.1) is 0 Å². The molecule has 0 bridgehead atoms. The third kappa shape index (κ3) is 2.69. The van der Waals surface area contributed by atoms with E-state index in [1.54, 1.807) is 6.07 Å². The Morgan fingerprint density at radius 1 is 1.04 bits per heavy atom. The molecule has 0 saturated heterocycles. The number of rotatable bonds is 3. The lowest BCUT2D eigenvalue weighted by Gasteiger charge is -2.12. The summed E-state index contributed by atoms with van der Waals surface area (Å²) in [6.45, 7) is 1.27. The van der Waals surface area contributed by atoms with E-state index in [1.807, 2.05) is 47.0 Å². The molecule has 6 heteroatoms. The first-order valence-electron chi connectivity index (χ1n) is 7.29. The van der Waals surface area contributed by atoms with Crippen LogP contribution in [0.2, 0.25) is 5.02 Å². The first-order valence-corrected chi connectivity index (χ1v) is 7.67. The van der Waals surface area contributed by atoms with Crippen LogP contribution in [0.4, 0.5) is 0 Å². The smallest absolute Gasteiger partial charge is 0.175 e. The summed E-state index contributed by atoms with van der Waals surface area (Å²) in [5.74, 6) is 2.12. The summed E-state index contributed by atoms with van der Waals surface area (Å²) >= 11 is 6.13. The Labute approximate surface area is 138 Å². The van der Waals surface area contributed by atoms with E-state index in [0.717, 1.165) is 22.9 Å². The normalized spacial score (nSPS) is 13.1. The summed E-state index contributed by atoms with van der Waals surface area (Å²) in [5, 5.41) is 9.05. The van der Waals surface area contributed by atoms with E-state index in [2.05, 4.69) is 10.2 Å². The van der Waals surface area contributed by atoms with Crippen molar-refractivity contribution in [1.29, 1.82) is 0 Å². The summed E-state index contributed by atoms with van der Waals surface area (Å²) in [7, 11) is 0. The van der Waals surface area contributed by atoms with Crippen LogP contribution in [0.1, 0.15) is 17.2 Å². The van der Waals surface area contributed by atoms with Gasteiger partial charge in [-0.25, -0.2) is 0 Å². The van der Waals surface area contributed by atoms with Crippen molar-refractivity contribution in [2.24, 2.45) is 0 Å². The van der Waals surface area contributed by atoms with Crippen molar-refractivity contribution >= 4 is 11.6 Å². The molecule has 0 fully saturated rings. The van der Waals surface area contributed by atoms with Gasteiger partial charge in [-0.1, -0.05) is 41.9 Å². The molecule has 0 amide bonds. The summed E-state index contributed by atoms with van der Waals surface area (Å²) in [6.07, 6.45) is 0. The Morgan fingerprint density at radius 3 is 2.78 bits per heavy atom. The van der Waals surface area contributed by atoms with E-state index in [9.17, 15) is 0 Å². The van der Waals surface area contributed by atoms with Crippen LogP contribution in [-0.2, 0) is 24.6 Å². The van der Waals surface area contributed by atoms with E-state index in [0.29, 0.717) is 24.0 Å². The van der Waals surface area contributed by atoms with Crippen LogP contribution >= 0.6 is 11.6 Å². The van der Waals surface area contributed by atoms with Gasteiger partial charge in [-0.2, -0.15) is 0 Å². The topological polar surface area (TPSA) is 49.2 Å². The number of ether oxygens (including phenoxy) is 2. The van der Waals surface area contributed by atoms with Crippen LogP contribution in [0.5, 0.6) is 5.75 Å². The predicted molar refractivity (Wildman–Crippen MR) is 85.6 cm³/mol. The molecule has 1 aromatic heterocycles. The second kappa shape index (κ2) is 6.02. The second-order valence-corrected chi connectivity index (χ2v) is 5.62. The molecule has 1 aliphatic rings. The van der Waals surface area contributed by atoms with Gasteiger partial charge >= 0.3 is 0 Å². The molecule has 0 saturated carbocycles. The van der Waals surface area contributed by atoms with Crippen LogP contribution in [-0.4, -0.2) is 14.8 Å². The molecule has 4 rings (SSSR count). The minimum Gasteiger partial charge on any atom is -0.484 e. The Morgan fingerprint density at radius 2 is 1.87 bits per heavy atom. The summed E-state index contributed by atoms with van der Waals surface area (Å²) in [6, 6.07) is 15.5. The highest BCUT2D eigenvalue weighted by Gasteiger charge is 2.20. The minimum atomic E-state index is 0.283. The van der Waals surface area contributed by atoms with E-state index >= 15 is 0 Å². The van der Waals surface area contributed by atoms with Crippen molar-refractivity contribution in [2.45, 2.75) is 19.8 Å². The minimum absolute atomic E-state index is 0.283. The summed E-state index contributed by atoms with van der Waals surface area (Å²) in [5.41, 5.74) is 2.13. The van der Waals surface area contributed by atoms with E-state index in [4.69, 9.17) is 21.1 Å². The number of benzene rings is 2. The molecule has 2 aromatic carbocycles. The SMILES string of the molecule is Clc1ccccc1OCc1nnc2n1-c1ccccc1COC2. The first kappa shape index (κ1) is 14.2. The molecule has 0 radical (unpaired) electrons. The zero-order valence-electron chi connectivity index (χ0n) is 12.3. The maximum absolute atomic E-state index is 6.13. The van der Waals surface area contributed by atoms with Gasteiger partial charge in [0.15, 0.2) is 11.6 Å². The number of halogens is 1. The van der Waals surface area contributed by atoms with Crippen molar-refractivity contribution in [3.63, 3.8) is 0 Å². The highest BCUT2D eigenvalue weighted by atomic mass is 35.5. The first-order chi connectivity index (χ1) is 11.3. The second-order valence-electron chi connectivity index (χ2n) is 5.21. The van der Waals surface area contributed by atoms with Crippen molar-refractivity contribution in [1.82, 2.24) is 14.8 Å². The monoisotopic (exact) mass is 327 g/mol. The van der Waals surface area contributed by atoms with Gasteiger partial charge in [-0.3, -0.25) is 4.57 Å². The fraction of sp³-hybridized carbons (Fsp3) is 0.176. The quantitative estimate of drug-likeness (QED) is 0.738. The average Bonchev–Trinajstić information content (AvgIpc) is 2.88. The number of fused-ring (bicyclic) bond motifs is 3. The number of nitrogens with zero attached hydrogens (tertiary/aromatic N) is 3. The molecular weight excluding hydrogens is 314 g/mol. The maximum atomic E-state index is 6.13. The lowest BCUT2D eigenvalue weighted by Crippen LogP contribution is -2.08. The van der Waals surface area contributed by atoms with Crippen molar-refractivity contribution in [3.8, 4) is 11.4 Å². The van der Waals surface area contributed by atoms with Gasteiger partial charge in [-0.15, -0.1) is 10.2 Å². The lowest BCUT2D eigenvalue weighted by molar-refractivity contribution is 0.105. The standard InChI is InChI=1S/C17H14ClN3O2/c18-13-6-2-4-8-15(13)23-11-17-20-19-16-10-22-9-12-5-1-3-7-14(12)21(16)17/h1-8H,9-11H2. The highest BCUT2D eigenvalue weighted by molar-refractivity contribution is 6.32. The number of para-hydroxylation sites is 2. The average molecular weight is 328 g/mol. The molecule has 2 heterocycles. The zero-order chi connectivity index (χ0) is 15.6. The van der Waals surface area contributed by atoms with Gasteiger partial charge in [0, 0.05) is 5.56 Å². The number of hydrogen-bond donors (Lipinski definition) is 0. The van der Waals surface area contributed by atoms with Crippen LogP contribution in [0.15, 0.2) is 48.5 Å². The molecule has 0 N–H and O–H groups in total. The Bertz CT molecular complexity index is 847. The largest absolute Gasteiger partial charge is 0.484 e. The van der Waals surface area contributed by atoms with Crippen LogP contribution in [0.25, 0.3) is 5.69 Å². The molecule has 0 spiro atoms. The zero-order valence-corrected chi connectivity index (χ0v) is 13.0. The molecule has 23 heavy (non-hydrogen) atoms. The molecule has 0 unspecified atom stereocenters. The predicted octanol–water partition coefficient (Wildman–Crippen LogP) is 3.53. The van der Waals surface area contributed by atoms with Crippen LogP contribution < -0.4 is 4.74 Å². The number of aromatic nitrogens is 3. The molecule has 1 aliphatic heterocycles. The van der Waals surface area contributed by atoms with E-state index < -0.39 is 0 Å². The molecule has 0 aliphatic carbocycles. The molecule has 5 nitrogen and oxygen atoms in total. The van der Waals surface area contributed by atoms with E-state index in [1.165, 1.54) is 0 Å². The van der Waals surface area contributed by atoms with Gasteiger partial charge in [0.2, 0.25) is 0 Å². The molecule has 116 valence electrons. The van der Waals surface area contributed by atoms with Gasteiger partial charge in [0.25, 0.3) is 0 Å². The third-order valence-corrected chi connectivity index (χ3v) is 4.02. The van der Waals surface area contributed by atoms with Gasteiger partial charge < -0.3 is 9.47 Å². The molecule has 0 atom stereocenters. The fourth-order valence-corrected chi connectivity index (χ4v) is 2.82. The Balaban J connectivity index is 1.68. The summed E-state index contributed by atoms with van der Waals surface area (Å²) in [4.78, 5) is 0. The van der Waals surface area contributed by atoms with Crippen LogP contribution in [0.3, 0.4) is 0 Å². The van der Waals surface area contributed by atoms with Gasteiger partial charge in [0.1, 0.15) is 19.0 Å². The number of hydrogen-bond acceptors (Lipinski definition) is 4. The highest BCUT2D eigenvalue weighted by Crippen LogP contribution is 2.26.